The Balaban J connectivity index is 2.66. The molecule has 1 aromatic rings. The Kier molecular flexibility index (Phi) is 4.15. The first-order valence-electron chi connectivity index (χ1n) is 4.69. The van der Waals surface area contributed by atoms with Crippen molar-refractivity contribution >= 4 is 0 Å². The number of rotatable bonds is 2. The molecule has 0 saturated carbocycles. The molecule has 0 radical (unpaired) electrons. The second-order valence-electron chi connectivity index (χ2n) is 3.05. The Labute approximate surface area is 84.3 Å². The van der Waals surface area contributed by atoms with Crippen LogP contribution in [0.4, 0.5) is 4.39 Å². The molecule has 0 aliphatic rings. The number of nitrogens with one attached hydrogen (secondary N) is 1. The zero-order valence-corrected chi connectivity index (χ0v) is 8.52. The van der Waals surface area contributed by atoms with Crippen molar-refractivity contribution in [2.75, 3.05) is 13.1 Å². The lowest BCUT2D eigenvalue weighted by Crippen LogP contribution is -2.11. The maximum atomic E-state index is 13.1. The maximum absolute atomic E-state index is 13.1. The van der Waals surface area contributed by atoms with E-state index >= 15 is 0 Å². The van der Waals surface area contributed by atoms with Gasteiger partial charge in [0.2, 0.25) is 0 Å². The van der Waals surface area contributed by atoms with E-state index in [-0.39, 0.29) is 5.82 Å². The van der Waals surface area contributed by atoms with E-state index < -0.39 is 0 Å². The average Bonchev–Trinajstić information content (AvgIpc) is 2.18. The summed E-state index contributed by atoms with van der Waals surface area (Å²) in [5.74, 6) is 5.62. The van der Waals surface area contributed by atoms with Crippen LogP contribution in [0.2, 0.25) is 0 Å². The van der Waals surface area contributed by atoms with Crippen molar-refractivity contribution in [1.29, 1.82) is 0 Å². The van der Waals surface area contributed by atoms with Gasteiger partial charge in [-0.15, -0.1) is 0 Å². The number of aryl methyl sites for hydroxylation is 1. The molecule has 0 amide bonds. The second-order valence-corrected chi connectivity index (χ2v) is 3.05. The molecule has 1 rings (SSSR count). The van der Waals surface area contributed by atoms with E-state index in [0.29, 0.717) is 12.1 Å². The molecule has 0 bridgehead atoms. The van der Waals surface area contributed by atoms with E-state index in [0.717, 1.165) is 12.1 Å². The summed E-state index contributed by atoms with van der Waals surface area (Å²) in [7, 11) is 0. The first kappa shape index (κ1) is 10.7. The highest BCUT2D eigenvalue weighted by atomic mass is 19.1. The number of hydrogen-bond acceptors (Lipinski definition) is 1. The van der Waals surface area contributed by atoms with Gasteiger partial charge in [0.25, 0.3) is 0 Å². The predicted molar refractivity (Wildman–Crippen MR) is 56.6 cm³/mol. The molecule has 14 heavy (non-hydrogen) atoms. The van der Waals surface area contributed by atoms with Gasteiger partial charge in [-0.2, -0.15) is 0 Å². The summed E-state index contributed by atoms with van der Waals surface area (Å²) < 4.78 is 13.1. The zero-order valence-electron chi connectivity index (χ0n) is 8.52. The summed E-state index contributed by atoms with van der Waals surface area (Å²) in [6.07, 6.45) is 0. The van der Waals surface area contributed by atoms with Crippen LogP contribution in [0, 0.1) is 24.6 Å². The van der Waals surface area contributed by atoms with E-state index in [1.807, 2.05) is 13.0 Å². The molecule has 2 heteroatoms. The Morgan fingerprint density at radius 1 is 1.43 bits per heavy atom. The Bertz CT molecular complexity index is 360. The molecular formula is C12H14FN. The highest BCUT2D eigenvalue weighted by Crippen LogP contribution is 2.07. The molecule has 0 aliphatic carbocycles. The third-order valence-electron chi connectivity index (χ3n) is 1.87. The van der Waals surface area contributed by atoms with Gasteiger partial charge in [-0.25, -0.2) is 4.39 Å². The lowest BCUT2D eigenvalue weighted by Gasteiger charge is -1.95. The molecule has 0 aromatic heterocycles. The van der Waals surface area contributed by atoms with Crippen molar-refractivity contribution in [3.63, 3.8) is 0 Å². The fourth-order valence-electron chi connectivity index (χ4n) is 1.00. The predicted octanol–water partition coefficient (Wildman–Crippen LogP) is 2.10. The van der Waals surface area contributed by atoms with Gasteiger partial charge < -0.3 is 5.32 Å². The van der Waals surface area contributed by atoms with Crippen molar-refractivity contribution in [3.8, 4) is 11.8 Å². The molecule has 0 atom stereocenters. The molecule has 0 heterocycles. The van der Waals surface area contributed by atoms with Crippen molar-refractivity contribution < 1.29 is 4.39 Å². The fraction of sp³-hybridized carbons (Fsp3) is 0.333. The lowest BCUT2D eigenvalue weighted by molar-refractivity contribution is 0.618. The Hall–Kier alpha value is -1.33. The zero-order chi connectivity index (χ0) is 10.4. The normalized spacial score (nSPS) is 9.36. The highest BCUT2D eigenvalue weighted by Gasteiger charge is 1.95. The smallest absolute Gasteiger partial charge is 0.127 e. The van der Waals surface area contributed by atoms with Gasteiger partial charge in [0.05, 0.1) is 6.54 Å². The standard InChI is InChI=1S/C12H14FN/c1-3-14-8-4-5-11-7-6-10(2)12(13)9-11/h6-7,9,14H,3,8H2,1-2H3. The largest absolute Gasteiger partial charge is 0.306 e. The molecule has 0 fully saturated rings. The minimum Gasteiger partial charge on any atom is -0.306 e. The van der Waals surface area contributed by atoms with Crippen molar-refractivity contribution in [3.05, 3.63) is 35.1 Å². The monoisotopic (exact) mass is 191 g/mol. The summed E-state index contributed by atoms with van der Waals surface area (Å²) in [6.45, 7) is 5.31. The molecule has 1 aromatic carbocycles. The lowest BCUT2D eigenvalue weighted by atomic mass is 10.1. The first-order chi connectivity index (χ1) is 6.74. The van der Waals surface area contributed by atoms with Crippen LogP contribution in [0.15, 0.2) is 18.2 Å². The van der Waals surface area contributed by atoms with Gasteiger partial charge in [0.1, 0.15) is 5.82 Å². The second kappa shape index (κ2) is 5.41. The molecule has 0 unspecified atom stereocenters. The van der Waals surface area contributed by atoms with Crippen LogP contribution in [-0.2, 0) is 0 Å². The summed E-state index contributed by atoms with van der Waals surface area (Å²) >= 11 is 0. The van der Waals surface area contributed by atoms with Crippen LogP contribution in [0.5, 0.6) is 0 Å². The third-order valence-corrected chi connectivity index (χ3v) is 1.87. The summed E-state index contributed by atoms with van der Waals surface area (Å²) in [5.41, 5.74) is 1.38. The maximum Gasteiger partial charge on any atom is 0.127 e. The van der Waals surface area contributed by atoms with E-state index in [4.69, 9.17) is 0 Å². The summed E-state index contributed by atoms with van der Waals surface area (Å²) in [6, 6.07) is 5.04. The van der Waals surface area contributed by atoms with Gasteiger partial charge >= 0.3 is 0 Å². The third kappa shape index (κ3) is 3.20. The molecule has 1 N–H and O–H groups in total. The van der Waals surface area contributed by atoms with E-state index in [1.54, 1.807) is 13.0 Å². The molecule has 1 nitrogen and oxygen atoms in total. The van der Waals surface area contributed by atoms with E-state index in [1.165, 1.54) is 6.07 Å². The van der Waals surface area contributed by atoms with Gasteiger partial charge in [-0.05, 0) is 31.2 Å². The number of benzene rings is 1. The SMILES string of the molecule is CCNCC#Cc1ccc(C)c(F)c1. The molecular weight excluding hydrogens is 177 g/mol. The van der Waals surface area contributed by atoms with Crippen molar-refractivity contribution in [1.82, 2.24) is 5.32 Å². The van der Waals surface area contributed by atoms with Crippen molar-refractivity contribution in [2.24, 2.45) is 0 Å². The summed E-state index contributed by atoms with van der Waals surface area (Å²) in [4.78, 5) is 0. The molecule has 0 aliphatic heterocycles. The quantitative estimate of drug-likeness (QED) is 0.557. The van der Waals surface area contributed by atoms with Crippen LogP contribution < -0.4 is 5.32 Å². The minimum atomic E-state index is -0.194. The number of hydrogen-bond donors (Lipinski definition) is 1. The fourth-order valence-corrected chi connectivity index (χ4v) is 1.00. The van der Waals surface area contributed by atoms with Crippen LogP contribution in [0.3, 0.4) is 0 Å². The Morgan fingerprint density at radius 2 is 2.21 bits per heavy atom. The van der Waals surface area contributed by atoms with Gasteiger partial charge in [0.15, 0.2) is 0 Å². The molecule has 0 spiro atoms. The highest BCUT2D eigenvalue weighted by molar-refractivity contribution is 5.36. The molecule has 74 valence electrons. The number of halogens is 1. The average molecular weight is 191 g/mol. The van der Waals surface area contributed by atoms with Gasteiger partial charge in [-0.3, -0.25) is 0 Å². The summed E-state index contributed by atoms with van der Waals surface area (Å²) in [5, 5.41) is 3.08. The van der Waals surface area contributed by atoms with Crippen LogP contribution >= 0.6 is 0 Å². The van der Waals surface area contributed by atoms with E-state index in [9.17, 15) is 4.39 Å². The van der Waals surface area contributed by atoms with Gasteiger partial charge in [-0.1, -0.05) is 24.8 Å². The van der Waals surface area contributed by atoms with E-state index in [2.05, 4.69) is 17.2 Å². The van der Waals surface area contributed by atoms with Gasteiger partial charge in [0, 0.05) is 5.56 Å². The minimum absolute atomic E-state index is 0.194. The molecule has 0 saturated heterocycles. The van der Waals surface area contributed by atoms with Crippen molar-refractivity contribution in [2.45, 2.75) is 13.8 Å². The van der Waals surface area contributed by atoms with Crippen LogP contribution in [0.25, 0.3) is 0 Å². The van der Waals surface area contributed by atoms with Crippen LogP contribution in [-0.4, -0.2) is 13.1 Å². The first-order valence-corrected chi connectivity index (χ1v) is 4.69. The topological polar surface area (TPSA) is 12.0 Å². The Morgan fingerprint density at radius 3 is 2.86 bits per heavy atom. The van der Waals surface area contributed by atoms with Crippen LogP contribution in [0.1, 0.15) is 18.1 Å².